The number of hydrogen-bond acceptors (Lipinski definition) is 4. The van der Waals surface area contributed by atoms with Crippen LogP contribution in [0.5, 0.6) is 0 Å². The molecule has 0 radical (unpaired) electrons. The van der Waals surface area contributed by atoms with E-state index in [2.05, 4.69) is 10.4 Å². The number of carbonyl (C=O) groups is 1. The number of carbonyl (C=O) groups excluding carboxylic acids is 1. The highest BCUT2D eigenvalue weighted by Crippen LogP contribution is 2.28. The van der Waals surface area contributed by atoms with Crippen LogP contribution in [0.25, 0.3) is 0 Å². The van der Waals surface area contributed by atoms with Gasteiger partial charge >= 0.3 is 0 Å². The van der Waals surface area contributed by atoms with Gasteiger partial charge in [0.15, 0.2) is 0 Å². The molecule has 1 heterocycles. The van der Waals surface area contributed by atoms with Crippen LogP contribution < -0.4 is 5.32 Å². The number of aromatic nitrogens is 2. The van der Waals surface area contributed by atoms with Crippen LogP contribution in [0.4, 0.5) is 0 Å². The summed E-state index contributed by atoms with van der Waals surface area (Å²) in [5.74, 6) is 0.448. The molecule has 1 amide bonds. The topological polar surface area (TPSA) is 76.4 Å². The van der Waals surface area contributed by atoms with E-state index in [1.807, 2.05) is 6.92 Å². The third kappa shape index (κ3) is 4.33. The summed E-state index contributed by atoms with van der Waals surface area (Å²) in [6.45, 7) is 3.00. The first-order chi connectivity index (χ1) is 9.06. The molecular weight excluding hydrogens is 246 g/mol. The van der Waals surface area contributed by atoms with Gasteiger partial charge in [-0.3, -0.25) is 9.48 Å². The van der Waals surface area contributed by atoms with Gasteiger partial charge in [0.05, 0.1) is 18.4 Å². The number of amides is 1. The Labute approximate surface area is 112 Å². The fourth-order valence-corrected chi connectivity index (χ4v) is 1.84. The van der Waals surface area contributed by atoms with Gasteiger partial charge in [-0.15, -0.1) is 0 Å². The van der Waals surface area contributed by atoms with Crippen LogP contribution in [0.1, 0.15) is 29.0 Å². The standard InChI is InChI=1S/C13H21N3O3/c1-9-5-12(16(2)15-9)13(18)14-6-11(17)8-19-7-10-3-4-10/h5,10-11,17H,3-4,6-8H2,1-2H3,(H,14,18). The predicted octanol–water partition coefficient (Wildman–Crippen LogP) is 0.246. The molecule has 2 rings (SSSR count). The summed E-state index contributed by atoms with van der Waals surface area (Å²) >= 11 is 0. The van der Waals surface area contributed by atoms with Gasteiger partial charge in [-0.25, -0.2) is 0 Å². The van der Waals surface area contributed by atoms with Gasteiger partial charge in [-0.2, -0.15) is 5.10 Å². The molecule has 6 nitrogen and oxygen atoms in total. The van der Waals surface area contributed by atoms with Crippen molar-refractivity contribution >= 4 is 5.91 Å². The van der Waals surface area contributed by atoms with E-state index in [0.29, 0.717) is 18.2 Å². The summed E-state index contributed by atoms with van der Waals surface area (Å²) in [5.41, 5.74) is 1.28. The molecule has 2 N–H and O–H groups in total. The van der Waals surface area contributed by atoms with Gasteiger partial charge in [0, 0.05) is 20.2 Å². The molecular formula is C13H21N3O3. The Kier molecular flexibility index (Phi) is 4.55. The van der Waals surface area contributed by atoms with Crippen molar-refractivity contribution in [2.24, 2.45) is 13.0 Å². The monoisotopic (exact) mass is 267 g/mol. The van der Waals surface area contributed by atoms with Gasteiger partial charge in [0.2, 0.25) is 0 Å². The summed E-state index contributed by atoms with van der Waals surface area (Å²) in [6.07, 6.45) is 1.79. The van der Waals surface area contributed by atoms with Crippen LogP contribution in [0.3, 0.4) is 0 Å². The zero-order valence-electron chi connectivity index (χ0n) is 11.4. The minimum atomic E-state index is -0.669. The number of hydrogen-bond donors (Lipinski definition) is 2. The molecule has 0 bridgehead atoms. The number of aliphatic hydroxyl groups excluding tert-OH is 1. The number of nitrogens with zero attached hydrogens (tertiary/aromatic N) is 2. The van der Waals surface area contributed by atoms with E-state index in [-0.39, 0.29) is 19.1 Å². The average Bonchev–Trinajstić information content (AvgIpc) is 3.11. The van der Waals surface area contributed by atoms with E-state index in [1.165, 1.54) is 17.5 Å². The summed E-state index contributed by atoms with van der Waals surface area (Å²) < 4.78 is 6.89. The minimum absolute atomic E-state index is 0.188. The molecule has 1 aromatic rings. The molecule has 1 unspecified atom stereocenters. The van der Waals surface area contributed by atoms with Crippen molar-refractivity contribution in [2.75, 3.05) is 19.8 Å². The molecule has 6 heteroatoms. The number of nitrogens with one attached hydrogen (secondary N) is 1. The van der Waals surface area contributed by atoms with Gasteiger partial charge in [0.1, 0.15) is 5.69 Å². The first-order valence-electron chi connectivity index (χ1n) is 6.61. The predicted molar refractivity (Wildman–Crippen MR) is 69.8 cm³/mol. The molecule has 1 fully saturated rings. The first kappa shape index (κ1) is 14.0. The highest BCUT2D eigenvalue weighted by molar-refractivity contribution is 5.92. The number of ether oxygens (including phenoxy) is 1. The lowest BCUT2D eigenvalue weighted by molar-refractivity contribution is 0.0320. The molecule has 1 aromatic heterocycles. The lowest BCUT2D eigenvalue weighted by atomic mass is 10.3. The van der Waals surface area contributed by atoms with E-state index in [9.17, 15) is 9.90 Å². The third-order valence-electron chi connectivity index (χ3n) is 3.09. The minimum Gasteiger partial charge on any atom is -0.389 e. The zero-order valence-corrected chi connectivity index (χ0v) is 11.4. The second-order valence-corrected chi connectivity index (χ2v) is 5.14. The van der Waals surface area contributed by atoms with Crippen molar-refractivity contribution in [2.45, 2.75) is 25.9 Å². The molecule has 106 valence electrons. The molecule has 1 aliphatic rings. The van der Waals surface area contributed by atoms with Crippen molar-refractivity contribution in [3.05, 3.63) is 17.5 Å². The molecule has 0 aromatic carbocycles. The SMILES string of the molecule is Cc1cc(C(=O)NCC(O)COCC2CC2)n(C)n1. The third-order valence-corrected chi connectivity index (χ3v) is 3.09. The van der Waals surface area contributed by atoms with Crippen molar-refractivity contribution in [1.82, 2.24) is 15.1 Å². The summed E-state index contributed by atoms with van der Waals surface area (Å²) in [7, 11) is 1.72. The second-order valence-electron chi connectivity index (χ2n) is 5.14. The molecule has 0 spiro atoms. The summed E-state index contributed by atoms with van der Waals surface area (Å²) in [5, 5.41) is 16.5. The summed E-state index contributed by atoms with van der Waals surface area (Å²) in [4.78, 5) is 11.9. The van der Waals surface area contributed by atoms with E-state index < -0.39 is 6.10 Å². The molecule has 19 heavy (non-hydrogen) atoms. The van der Waals surface area contributed by atoms with E-state index in [4.69, 9.17) is 4.74 Å². The smallest absolute Gasteiger partial charge is 0.269 e. The average molecular weight is 267 g/mol. The Morgan fingerprint density at radius 1 is 1.68 bits per heavy atom. The van der Waals surface area contributed by atoms with Gasteiger partial charge < -0.3 is 15.2 Å². The zero-order chi connectivity index (χ0) is 13.8. The fourth-order valence-electron chi connectivity index (χ4n) is 1.84. The van der Waals surface area contributed by atoms with E-state index in [1.54, 1.807) is 13.1 Å². The summed E-state index contributed by atoms with van der Waals surface area (Å²) in [6, 6.07) is 1.71. The van der Waals surface area contributed by atoms with Crippen LogP contribution in [0.2, 0.25) is 0 Å². The molecule has 1 aliphatic carbocycles. The molecule has 1 atom stereocenters. The van der Waals surface area contributed by atoms with Crippen LogP contribution in [-0.2, 0) is 11.8 Å². The molecule has 1 saturated carbocycles. The van der Waals surface area contributed by atoms with Crippen molar-refractivity contribution in [3.63, 3.8) is 0 Å². The maximum atomic E-state index is 11.9. The lowest BCUT2D eigenvalue weighted by Gasteiger charge is -2.12. The lowest BCUT2D eigenvalue weighted by Crippen LogP contribution is -2.35. The number of aryl methyl sites for hydroxylation is 2. The number of aliphatic hydroxyl groups is 1. The van der Waals surface area contributed by atoms with Gasteiger partial charge in [0.25, 0.3) is 5.91 Å². The van der Waals surface area contributed by atoms with E-state index in [0.717, 1.165) is 5.69 Å². The Hall–Kier alpha value is -1.40. The van der Waals surface area contributed by atoms with Gasteiger partial charge in [-0.1, -0.05) is 0 Å². The van der Waals surface area contributed by atoms with Crippen molar-refractivity contribution in [3.8, 4) is 0 Å². The molecule has 0 aliphatic heterocycles. The van der Waals surface area contributed by atoms with Crippen LogP contribution in [0.15, 0.2) is 6.07 Å². The largest absolute Gasteiger partial charge is 0.389 e. The van der Waals surface area contributed by atoms with Crippen molar-refractivity contribution in [1.29, 1.82) is 0 Å². The second kappa shape index (κ2) is 6.16. The van der Waals surface area contributed by atoms with Gasteiger partial charge in [-0.05, 0) is 31.7 Å². The van der Waals surface area contributed by atoms with Crippen LogP contribution in [-0.4, -0.2) is 46.7 Å². The maximum Gasteiger partial charge on any atom is 0.269 e. The number of rotatable bonds is 7. The fraction of sp³-hybridized carbons (Fsp3) is 0.692. The Morgan fingerprint density at radius 3 is 3.00 bits per heavy atom. The van der Waals surface area contributed by atoms with Crippen molar-refractivity contribution < 1.29 is 14.6 Å². The Morgan fingerprint density at radius 2 is 2.42 bits per heavy atom. The Bertz CT molecular complexity index is 440. The highest BCUT2D eigenvalue weighted by Gasteiger charge is 2.21. The maximum absolute atomic E-state index is 11.9. The Balaban J connectivity index is 1.68. The first-order valence-corrected chi connectivity index (χ1v) is 6.61. The van der Waals surface area contributed by atoms with Crippen LogP contribution in [0, 0.1) is 12.8 Å². The van der Waals surface area contributed by atoms with E-state index >= 15 is 0 Å². The molecule has 0 saturated heterocycles. The quantitative estimate of drug-likeness (QED) is 0.742. The van der Waals surface area contributed by atoms with Crippen LogP contribution >= 0.6 is 0 Å². The highest BCUT2D eigenvalue weighted by atomic mass is 16.5. The normalized spacial score (nSPS) is 16.4.